The average molecular weight is 358 g/mol. The van der Waals surface area contributed by atoms with Crippen molar-refractivity contribution >= 4 is 27.9 Å². The third kappa shape index (κ3) is 2.04. The van der Waals surface area contributed by atoms with E-state index in [1.807, 2.05) is 24.3 Å². The highest BCUT2D eigenvalue weighted by Gasteiger charge is 2.32. The Morgan fingerprint density at radius 3 is 1.81 bits per heavy atom. The van der Waals surface area contributed by atoms with E-state index >= 15 is 0 Å². The highest BCUT2D eigenvalue weighted by Crippen LogP contribution is 2.41. The molecular formula is C21H18N4O2. The first-order valence-corrected chi connectivity index (χ1v) is 9.13. The van der Waals surface area contributed by atoms with E-state index in [1.54, 1.807) is 0 Å². The van der Waals surface area contributed by atoms with E-state index < -0.39 is 0 Å². The Morgan fingerprint density at radius 2 is 1.26 bits per heavy atom. The Bertz CT molecular complexity index is 1250. The van der Waals surface area contributed by atoms with E-state index in [1.165, 1.54) is 0 Å². The van der Waals surface area contributed by atoms with Gasteiger partial charge in [-0.25, -0.2) is 14.6 Å². The fourth-order valence-corrected chi connectivity index (χ4v) is 4.03. The summed E-state index contributed by atoms with van der Waals surface area (Å²) in [5.41, 5.74) is 7.37. The zero-order valence-electron chi connectivity index (χ0n) is 15.6. The number of hydrogen-bond donors (Lipinski definition) is 0. The molecule has 0 radical (unpaired) electrons. The standard InChI is InChI=1S/C21H18N4O2/c1-9(2)13-16-17(14(10(3)4)19-18(13)24-27-25-19)23-20-15(22-16)11-7-5-6-8-12(11)21(20)26/h5-10H,1-4H3. The van der Waals surface area contributed by atoms with E-state index in [0.717, 1.165) is 33.2 Å². The van der Waals surface area contributed by atoms with Crippen LogP contribution in [0.2, 0.25) is 0 Å². The summed E-state index contributed by atoms with van der Waals surface area (Å²) < 4.78 is 5.07. The Labute approximate surface area is 155 Å². The van der Waals surface area contributed by atoms with Crippen molar-refractivity contribution in [3.63, 3.8) is 0 Å². The van der Waals surface area contributed by atoms with E-state index in [9.17, 15) is 4.79 Å². The van der Waals surface area contributed by atoms with Crippen LogP contribution in [-0.4, -0.2) is 26.1 Å². The second-order valence-corrected chi connectivity index (χ2v) is 7.59. The Balaban J connectivity index is 2.00. The summed E-state index contributed by atoms with van der Waals surface area (Å²) in [4.78, 5) is 22.7. The van der Waals surface area contributed by atoms with Gasteiger partial charge in [-0.05, 0) is 22.1 Å². The molecule has 134 valence electrons. The van der Waals surface area contributed by atoms with Gasteiger partial charge < -0.3 is 0 Å². The van der Waals surface area contributed by atoms with Gasteiger partial charge in [-0.1, -0.05) is 52.0 Å². The molecule has 1 aliphatic carbocycles. The highest BCUT2D eigenvalue weighted by atomic mass is 16.6. The lowest BCUT2D eigenvalue weighted by Gasteiger charge is -2.16. The Hall–Kier alpha value is -3.15. The molecule has 0 unspecified atom stereocenters. The lowest BCUT2D eigenvalue weighted by atomic mass is 9.92. The average Bonchev–Trinajstić information content (AvgIpc) is 3.21. The van der Waals surface area contributed by atoms with Crippen molar-refractivity contribution < 1.29 is 9.42 Å². The van der Waals surface area contributed by atoms with Crippen molar-refractivity contribution in [3.05, 3.63) is 46.6 Å². The highest BCUT2D eigenvalue weighted by molar-refractivity contribution is 6.21. The fourth-order valence-electron chi connectivity index (χ4n) is 4.03. The predicted octanol–water partition coefficient (Wildman–Crippen LogP) is 4.62. The second-order valence-electron chi connectivity index (χ2n) is 7.59. The summed E-state index contributed by atoms with van der Waals surface area (Å²) in [6, 6.07) is 7.54. The van der Waals surface area contributed by atoms with Crippen LogP contribution in [0, 0.1) is 0 Å². The molecule has 6 heteroatoms. The minimum atomic E-state index is -0.0748. The van der Waals surface area contributed by atoms with Crippen molar-refractivity contribution in [1.82, 2.24) is 20.3 Å². The quantitative estimate of drug-likeness (QED) is 0.458. The summed E-state index contributed by atoms with van der Waals surface area (Å²) in [6.07, 6.45) is 0. The summed E-state index contributed by atoms with van der Waals surface area (Å²) in [6.45, 7) is 8.32. The molecule has 6 nitrogen and oxygen atoms in total. The van der Waals surface area contributed by atoms with Crippen LogP contribution in [-0.2, 0) is 0 Å². The van der Waals surface area contributed by atoms with Crippen molar-refractivity contribution in [2.24, 2.45) is 0 Å². The molecule has 0 fully saturated rings. The molecule has 1 aliphatic rings. The summed E-state index contributed by atoms with van der Waals surface area (Å²) in [7, 11) is 0. The smallest absolute Gasteiger partial charge is 0.214 e. The molecule has 27 heavy (non-hydrogen) atoms. The van der Waals surface area contributed by atoms with Gasteiger partial charge in [0.2, 0.25) is 5.78 Å². The Kier molecular flexibility index (Phi) is 3.22. The molecule has 0 bridgehead atoms. The topological polar surface area (TPSA) is 81.8 Å². The lowest BCUT2D eigenvalue weighted by molar-refractivity contribution is 0.103. The molecule has 0 saturated heterocycles. The monoisotopic (exact) mass is 358 g/mol. The van der Waals surface area contributed by atoms with Gasteiger partial charge >= 0.3 is 0 Å². The van der Waals surface area contributed by atoms with Crippen molar-refractivity contribution in [3.8, 4) is 11.3 Å². The first kappa shape index (κ1) is 16.1. The van der Waals surface area contributed by atoms with Gasteiger partial charge in [-0.3, -0.25) is 4.79 Å². The molecular weight excluding hydrogens is 340 g/mol. The third-order valence-corrected chi connectivity index (χ3v) is 5.20. The van der Waals surface area contributed by atoms with Crippen LogP contribution in [0.4, 0.5) is 0 Å². The van der Waals surface area contributed by atoms with Gasteiger partial charge in [-0.2, -0.15) is 0 Å². The minimum absolute atomic E-state index is 0.0748. The molecule has 5 rings (SSSR count). The molecule has 4 aromatic rings. The number of aromatic nitrogens is 4. The maximum Gasteiger partial charge on any atom is 0.214 e. The molecule has 2 aromatic carbocycles. The fraction of sp³-hybridized carbons (Fsp3) is 0.286. The first-order chi connectivity index (χ1) is 13.0. The van der Waals surface area contributed by atoms with Crippen LogP contribution in [0.25, 0.3) is 33.3 Å². The van der Waals surface area contributed by atoms with Crippen LogP contribution in [0.15, 0.2) is 28.9 Å². The van der Waals surface area contributed by atoms with Gasteiger partial charge in [0.15, 0.2) is 0 Å². The number of rotatable bonds is 2. The van der Waals surface area contributed by atoms with Crippen molar-refractivity contribution in [1.29, 1.82) is 0 Å². The number of fused-ring (bicyclic) bond motifs is 5. The minimum Gasteiger partial charge on any atom is -0.287 e. The SMILES string of the molecule is CC(C)c1c2nonc2c(C(C)C)c2nc3c(nc12)C(=O)c1ccccc1-3. The van der Waals surface area contributed by atoms with Crippen LogP contribution in [0.3, 0.4) is 0 Å². The zero-order valence-corrected chi connectivity index (χ0v) is 15.6. The molecule has 0 saturated carbocycles. The van der Waals surface area contributed by atoms with Crippen LogP contribution >= 0.6 is 0 Å². The normalized spacial score (nSPS) is 13.2. The summed E-state index contributed by atoms with van der Waals surface area (Å²) in [5, 5.41) is 8.31. The van der Waals surface area contributed by atoms with Crippen LogP contribution in [0.1, 0.15) is 66.7 Å². The number of hydrogen-bond acceptors (Lipinski definition) is 6. The number of nitrogens with zero attached hydrogens (tertiary/aromatic N) is 4. The molecule has 2 heterocycles. The lowest BCUT2D eigenvalue weighted by Crippen LogP contribution is -2.06. The first-order valence-electron chi connectivity index (χ1n) is 9.13. The number of benzene rings is 2. The van der Waals surface area contributed by atoms with Gasteiger partial charge in [-0.15, -0.1) is 0 Å². The van der Waals surface area contributed by atoms with Gasteiger partial charge in [0.05, 0.1) is 11.0 Å². The molecule has 0 aliphatic heterocycles. The molecule has 0 N–H and O–H groups in total. The van der Waals surface area contributed by atoms with E-state index in [4.69, 9.17) is 14.6 Å². The van der Waals surface area contributed by atoms with Crippen molar-refractivity contribution in [2.75, 3.05) is 0 Å². The van der Waals surface area contributed by atoms with Crippen LogP contribution in [0.5, 0.6) is 0 Å². The Morgan fingerprint density at radius 1 is 0.741 bits per heavy atom. The maximum absolute atomic E-state index is 12.9. The second kappa shape index (κ2) is 5.42. The molecule has 0 atom stereocenters. The predicted molar refractivity (Wildman–Crippen MR) is 102 cm³/mol. The van der Waals surface area contributed by atoms with Crippen molar-refractivity contribution in [2.45, 2.75) is 39.5 Å². The van der Waals surface area contributed by atoms with E-state index in [2.05, 4.69) is 38.0 Å². The zero-order chi connectivity index (χ0) is 18.9. The van der Waals surface area contributed by atoms with E-state index in [0.29, 0.717) is 22.5 Å². The van der Waals surface area contributed by atoms with Gasteiger partial charge in [0.1, 0.15) is 22.4 Å². The van der Waals surface area contributed by atoms with E-state index in [-0.39, 0.29) is 17.6 Å². The third-order valence-electron chi connectivity index (χ3n) is 5.20. The molecule has 0 amide bonds. The van der Waals surface area contributed by atoms with Gasteiger partial charge in [0, 0.05) is 22.3 Å². The summed E-state index contributed by atoms with van der Waals surface area (Å²) >= 11 is 0. The van der Waals surface area contributed by atoms with Crippen LogP contribution < -0.4 is 0 Å². The largest absolute Gasteiger partial charge is 0.287 e. The number of carbonyl (C=O) groups excluding carboxylic acids is 1. The molecule has 2 aromatic heterocycles. The maximum atomic E-state index is 12.9. The van der Waals surface area contributed by atoms with Gasteiger partial charge in [0.25, 0.3) is 0 Å². The number of ketones is 1. The summed E-state index contributed by atoms with van der Waals surface area (Å²) in [5.74, 6) is 0.214. The molecule has 0 spiro atoms. The number of carbonyl (C=O) groups is 1.